The van der Waals surface area contributed by atoms with Gasteiger partial charge in [0.1, 0.15) is 0 Å². The zero-order valence-electron chi connectivity index (χ0n) is 14.9. The van der Waals surface area contributed by atoms with Crippen LogP contribution in [0.25, 0.3) is 11.1 Å². The van der Waals surface area contributed by atoms with Crippen molar-refractivity contribution in [3.05, 3.63) is 82.6 Å². The molecule has 138 valence electrons. The smallest absolute Gasteiger partial charge is 0.310 e. The Kier molecular flexibility index (Phi) is 6.77. The molecule has 5 heteroatoms. The third kappa shape index (κ3) is 6.08. The lowest BCUT2D eigenvalue weighted by Gasteiger charge is -2.07. The number of nitrogens with one attached hydrogen (secondary N) is 1. The number of thiophene rings is 1. The lowest BCUT2D eigenvalue weighted by atomic mass is 10.0. The first-order valence-corrected chi connectivity index (χ1v) is 9.68. The highest BCUT2D eigenvalue weighted by Gasteiger charge is 2.09. The van der Waals surface area contributed by atoms with Crippen molar-refractivity contribution in [1.29, 1.82) is 0 Å². The van der Waals surface area contributed by atoms with Gasteiger partial charge in [0.05, 0.1) is 6.42 Å². The minimum absolute atomic E-state index is 0.150. The van der Waals surface area contributed by atoms with Crippen LogP contribution in [0.4, 0.5) is 0 Å². The van der Waals surface area contributed by atoms with Crippen LogP contribution in [-0.2, 0) is 27.2 Å². The van der Waals surface area contributed by atoms with Gasteiger partial charge in [0.25, 0.3) is 5.91 Å². The molecule has 0 unspecified atom stereocenters. The molecule has 0 aliphatic carbocycles. The van der Waals surface area contributed by atoms with E-state index in [1.54, 1.807) is 11.3 Å². The molecule has 0 bridgehead atoms. The van der Waals surface area contributed by atoms with Crippen LogP contribution in [0.1, 0.15) is 10.4 Å². The summed E-state index contributed by atoms with van der Waals surface area (Å²) in [5.74, 6) is -0.685. The average Bonchev–Trinajstić information content (AvgIpc) is 3.21. The van der Waals surface area contributed by atoms with Crippen molar-refractivity contribution in [1.82, 2.24) is 5.32 Å². The number of amides is 1. The van der Waals surface area contributed by atoms with E-state index in [1.807, 2.05) is 72.1 Å². The van der Waals surface area contributed by atoms with E-state index in [-0.39, 0.29) is 18.9 Å². The van der Waals surface area contributed by atoms with Gasteiger partial charge in [-0.25, -0.2) is 0 Å². The number of hydrogen-bond acceptors (Lipinski definition) is 4. The molecule has 0 spiro atoms. The monoisotopic (exact) mass is 379 g/mol. The van der Waals surface area contributed by atoms with E-state index in [4.69, 9.17) is 4.74 Å². The summed E-state index contributed by atoms with van der Waals surface area (Å²) in [6, 6.07) is 21.8. The maximum absolute atomic E-state index is 11.9. The second kappa shape index (κ2) is 9.69. The maximum atomic E-state index is 11.9. The largest absolute Gasteiger partial charge is 0.455 e. The van der Waals surface area contributed by atoms with Crippen LogP contribution >= 0.6 is 11.3 Å². The van der Waals surface area contributed by atoms with Crippen LogP contribution in [-0.4, -0.2) is 25.0 Å². The first kappa shape index (κ1) is 18.9. The van der Waals surface area contributed by atoms with Gasteiger partial charge < -0.3 is 10.1 Å². The Labute approximate surface area is 162 Å². The minimum Gasteiger partial charge on any atom is -0.455 e. The van der Waals surface area contributed by atoms with Crippen molar-refractivity contribution in [2.24, 2.45) is 0 Å². The van der Waals surface area contributed by atoms with Gasteiger partial charge in [-0.05, 0) is 34.6 Å². The second-order valence-corrected chi connectivity index (χ2v) is 7.11. The Hall–Kier alpha value is -2.92. The lowest BCUT2D eigenvalue weighted by molar-refractivity contribution is -0.147. The van der Waals surface area contributed by atoms with E-state index in [9.17, 15) is 9.59 Å². The summed E-state index contributed by atoms with van der Waals surface area (Å²) in [5, 5.41) is 4.76. The van der Waals surface area contributed by atoms with Crippen molar-refractivity contribution in [3.8, 4) is 11.1 Å². The molecule has 0 radical (unpaired) electrons. The number of hydrogen-bond donors (Lipinski definition) is 1. The van der Waals surface area contributed by atoms with Gasteiger partial charge in [-0.2, -0.15) is 0 Å². The number of esters is 1. The van der Waals surface area contributed by atoms with E-state index in [0.717, 1.165) is 23.1 Å². The van der Waals surface area contributed by atoms with E-state index < -0.39 is 5.97 Å². The van der Waals surface area contributed by atoms with E-state index in [0.29, 0.717) is 6.54 Å². The van der Waals surface area contributed by atoms with E-state index >= 15 is 0 Å². The standard InChI is InChI=1S/C22H21NO3S/c24-21(23-13-12-20-7-4-14-27-20)16-26-22(25)15-17-8-10-19(11-9-17)18-5-2-1-3-6-18/h1-11,14H,12-13,15-16H2,(H,23,24). The predicted octanol–water partition coefficient (Wildman–Crippen LogP) is 3.86. The van der Waals surface area contributed by atoms with Crippen molar-refractivity contribution in [2.75, 3.05) is 13.2 Å². The number of carbonyl (C=O) groups excluding carboxylic acids is 2. The van der Waals surface area contributed by atoms with Crippen LogP contribution in [0.5, 0.6) is 0 Å². The highest BCUT2D eigenvalue weighted by Crippen LogP contribution is 2.19. The third-order valence-corrected chi connectivity index (χ3v) is 4.98. The molecule has 0 saturated carbocycles. The molecule has 1 amide bonds. The number of benzene rings is 2. The van der Waals surface area contributed by atoms with Crippen molar-refractivity contribution < 1.29 is 14.3 Å². The normalized spacial score (nSPS) is 10.4. The van der Waals surface area contributed by atoms with Crippen LogP contribution < -0.4 is 5.32 Å². The fraction of sp³-hybridized carbons (Fsp3) is 0.182. The topological polar surface area (TPSA) is 55.4 Å². The van der Waals surface area contributed by atoms with Crippen molar-refractivity contribution in [2.45, 2.75) is 12.8 Å². The summed E-state index contributed by atoms with van der Waals surface area (Å²) < 4.78 is 5.06. The Morgan fingerprint density at radius 2 is 1.63 bits per heavy atom. The fourth-order valence-corrected chi connectivity index (χ4v) is 3.35. The van der Waals surface area contributed by atoms with Gasteiger partial charge >= 0.3 is 5.97 Å². The van der Waals surface area contributed by atoms with E-state index in [1.165, 1.54) is 4.88 Å². The third-order valence-electron chi connectivity index (χ3n) is 4.05. The zero-order chi connectivity index (χ0) is 18.9. The predicted molar refractivity (Wildman–Crippen MR) is 108 cm³/mol. The maximum Gasteiger partial charge on any atom is 0.310 e. The van der Waals surface area contributed by atoms with Gasteiger partial charge in [-0.3, -0.25) is 9.59 Å². The fourth-order valence-electron chi connectivity index (χ4n) is 2.64. The number of carbonyl (C=O) groups is 2. The number of rotatable bonds is 8. The van der Waals surface area contributed by atoms with Crippen LogP contribution in [0.15, 0.2) is 72.1 Å². The summed E-state index contributed by atoms with van der Waals surface area (Å²) >= 11 is 1.66. The van der Waals surface area contributed by atoms with Gasteiger partial charge in [-0.1, -0.05) is 60.7 Å². The number of ether oxygens (including phenoxy) is 1. The molecular weight excluding hydrogens is 358 g/mol. The first-order chi connectivity index (χ1) is 13.2. The zero-order valence-corrected chi connectivity index (χ0v) is 15.7. The molecule has 3 aromatic rings. The minimum atomic E-state index is -0.407. The summed E-state index contributed by atoms with van der Waals surface area (Å²) in [6.07, 6.45) is 0.933. The molecule has 0 saturated heterocycles. The summed E-state index contributed by atoms with van der Waals surface area (Å²) in [6.45, 7) is 0.295. The van der Waals surface area contributed by atoms with Gasteiger partial charge in [0, 0.05) is 11.4 Å². The summed E-state index contributed by atoms with van der Waals surface area (Å²) in [4.78, 5) is 24.9. The first-order valence-electron chi connectivity index (χ1n) is 8.80. The molecule has 1 heterocycles. The molecule has 0 aliphatic rings. The average molecular weight is 379 g/mol. The summed E-state index contributed by atoms with van der Waals surface area (Å²) in [7, 11) is 0. The molecule has 0 atom stereocenters. The summed E-state index contributed by atoms with van der Waals surface area (Å²) in [5.41, 5.74) is 3.08. The molecule has 0 aliphatic heterocycles. The molecule has 0 fully saturated rings. The molecule has 3 rings (SSSR count). The molecule has 2 aromatic carbocycles. The Morgan fingerprint density at radius 3 is 2.33 bits per heavy atom. The second-order valence-electron chi connectivity index (χ2n) is 6.08. The van der Waals surface area contributed by atoms with E-state index in [2.05, 4.69) is 5.32 Å². The molecule has 1 N–H and O–H groups in total. The molecule has 1 aromatic heterocycles. The SMILES string of the molecule is O=C(COC(=O)Cc1ccc(-c2ccccc2)cc1)NCCc1cccs1. The van der Waals surface area contributed by atoms with Crippen LogP contribution in [0.3, 0.4) is 0 Å². The molecular formula is C22H21NO3S. The Morgan fingerprint density at radius 1 is 0.889 bits per heavy atom. The quantitative estimate of drug-likeness (QED) is 0.605. The highest BCUT2D eigenvalue weighted by molar-refractivity contribution is 7.09. The van der Waals surface area contributed by atoms with Gasteiger partial charge in [-0.15, -0.1) is 11.3 Å². The van der Waals surface area contributed by atoms with Gasteiger partial charge in [0.15, 0.2) is 6.61 Å². The van der Waals surface area contributed by atoms with Crippen molar-refractivity contribution in [3.63, 3.8) is 0 Å². The van der Waals surface area contributed by atoms with Gasteiger partial charge in [0.2, 0.25) is 0 Å². The van der Waals surface area contributed by atoms with Crippen LogP contribution in [0, 0.1) is 0 Å². The van der Waals surface area contributed by atoms with Crippen LogP contribution in [0.2, 0.25) is 0 Å². The Balaban J connectivity index is 1.39. The highest BCUT2D eigenvalue weighted by atomic mass is 32.1. The molecule has 27 heavy (non-hydrogen) atoms. The molecule has 4 nitrogen and oxygen atoms in total. The Bertz CT molecular complexity index is 858. The van der Waals surface area contributed by atoms with Crippen molar-refractivity contribution >= 4 is 23.2 Å². The lowest BCUT2D eigenvalue weighted by Crippen LogP contribution is -2.30.